The minimum absolute atomic E-state index is 0.0819. The van der Waals surface area contributed by atoms with Crippen LogP contribution in [0.5, 0.6) is 11.5 Å². The van der Waals surface area contributed by atoms with E-state index in [1.807, 2.05) is 42.5 Å². The first-order valence-electron chi connectivity index (χ1n) is 8.91. The summed E-state index contributed by atoms with van der Waals surface area (Å²) < 4.78 is 29.5. The maximum atomic E-state index is 13.2. The fraction of sp³-hybridized carbons (Fsp3) is 0.273. The van der Waals surface area contributed by atoms with Crippen molar-refractivity contribution in [3.05, 3.63) is 83.6 Å². The van der Waals surface area contributed by atoms with Crippen LogP contribution in [0.15, 0.2) is 65.3 Å². The molecule has 0 aliphatic rings. The van der Waals surface area contributed by atoms with Gasteiger partial charge in [-0.05, 0) is 60.5 Å². The van der Waals surface area contributed by atoms with E-state index in [-0.39, 0.29) is 11.7 Å². The van der Waals surface area contributed by atoms with Crippen LogP contribution in [0.3, 0.4) is 0 Å². The molecule has 0 radical (unpaired) electrons. The molecule has 1 heterocycles. The van der Waals surface area contributed by atoms with Crippen molar-refractivity contribution in [1.29, 1.82) is 0 Å². The fourth-order valence-electron chi connectivity index (χ4n) is 3.13. The molecule has 27 heavy (non-hydrogen) atoms. The molecule has 0 aliphatic heterocycles. The van der Waals surface area contributed by atoms with Crippen molar-refractivity contribution < 1.29 is 18.3 Å². The molecule has 4 nitrogen and oxygen atoms in total. The van der Waals surface area contributed by atoms with Crippen LogP contribution in [0.2, 0.25) is 0 Å². The quantitative estimate of drug-likeness (QED) is 0.553. The van der Waals surface area contributed by atoms with Gasteiger partial charge in [-0.1, -0.05) is 18.2 Å². The van der Waals surface area contributed by atoms with Gasteiger partial charge in [0, 0.05) is 12.5 Å². The maximum Gasteiger partial charge on any atom is 0.161 e. The lowest BCUT2D eigenvalue weighted by atomic mass is 9.93. The van der Waals surface area contributed by atoms with Gasteiger partial charge < -0.3 is 19.2 Å². The van der Waals surface area contributed by atoms with E-state index in [0.29, 0.717) is 6.54 Å². The van der Waals surface area contributed by atoms with Crippen molar-refractivity contribution in [3.63, 3.8) is 0 Å². The second-order valence-electron chi connectivity index (χ2n) is 6.27. The van der Waals surface area contributed by atoms with E-state index in [1.54, 1.807) is 20.5 Å². The summed E-state index contributed by atoms with van der Waals surface area (Å²) in [5.41, 5.74) is 2.16. The molecule has 0 fully saturated rings. The summed E-state index contributed by atoms with van der Waals surface area (Å²) in [6.45, 7) is 1.51. The van der Waals surface area contributed by atoms with Gasteiger partial charge in [-0.15, -0.1) is 0 Å². The Hall–Kier alpha value is -2.79. The van der Waals surface area contributed by atoms with Crippen LogP contribution in [-0.4, -0.2) is 20.8 Å². The van der Waals surface area contributed by atoms with Crippen LogP contribution in [0.25, 0.3) is 0 Å². The van der Waals surface area contributed by atoms with Gasteiger partial charge >= 0.3 is 0 Å². The second kappa shape index (κ2) is 9.24. The number of methoxy groups -OCH3 is 2. The highest BCUT2D eigenvalue weighted by atomic mass is 19.1. The van der Waals surface area contributed by atoms with Crippen LogP contribution in [0.4, 0.5) is 4.39 Å². The Morgan fingerprint density at radius 1 is 1.00 bits per heavy atom. The van der Waals surface area contributed by atoms with Gasteiger partial charge in [0.2, 0.25) is 0 Å². The normalized spacial score (nSPS) is 12.0. The third-order valence-corrected chi connectivity index (χ3v) is 4.55. The average molecular weight is 369 g/mol. The highest BCUT2D eigenvalue weighted by Crippen LogP contribution is 2.29. The minimum atomic E-state index is -0.233. The Morgan fingerprint density at radius 3 is 2.44 bits per heavy atom. The highest BCUT2D eigenvalue weighted by molar-refractivity contribution is 5.42. The van der Waals surface area contributed by atoms with Gasteiger partial charge in [-0.3, -0.25) is 0 Å². The molecule has 3 rings (SSSR count). The zero-order valence-electron chi connectivity index (χ0n) is 15.6. The number of ether oxygens (including phenoxy) is 2. The lowest BCUT2D eigenvalue weighted by Gasteiger charge is -2.16. The lowest BCUT2D eigenvalue weighted by Crippen LogP contribution is -2.17. The van der Waals surface area contributed by atoms with Gasteiger partial charge in [0.1, 0.15) is 11.6 Å². The Balaban J connectivity index is 1.61. The molecular formula is C22H24FNO3. The average Bonchev–Trinajstić information content (AvgIpc) is 3.23. The Morgan fingerprint density at radius 2 is 1.78 bits per heavy atom. The van der Waals surface area contributed by atoms with E-state index >= 15 is 0 Å². The van der Waals surface area contributed by atoms with E-state index < -0.39 is 0 Å². The first-order chi connectivity index (χ1) is 13.2. The van der Waals surface area contributed by atoms with Gasteiger partial charge in [0.05, 0.1) is 20.5 Å². The van der Waals surface area contributed by atoms with E-state index in [2.05, 4.69) is 5.32 Å². The molecule has 0 aliphatic carbocycles. The molecule has 2 aromatic carbocycles. The van der Waals surface area contributed by atoms with Crippen molar-refractivity contribution in [2.75, 3.05) is 20.8 Å². The van der Waals surface area contributed by atoms with Crippen molar-refractivity contribution in [3.8, 4) is 11.5 Å². The monoisotopic (exact) mass is 369 g/mol. The molecule has 1 atom stereocenters. The van der Waals surface area contributed by atoms with Crippen LogP contribution in [-0.2, 0) is 6.54 Å². The first kappa shape index (κ1) is 19.0. The standard InChI is InChI=1S/C22H24FNO3/c1-25-21-10-5-16(14-22(21)26-2)15-24-12-11-19(20-4-3-13-27-20)17-6-8-18(23)9-7-17/h3-10,13-14,19,24H,11-12,15H2,1-2H3. The van der Waals surface area contributed by atoms with Crippen LogP contribution < -0.4 is 14.8 Å². The summed E-state index contributed by atoms with van der Waals surface area (Å²) in [4.78, 5) is 0. The molecule has 1 unspecified atom stereocenters. The lowest BCUT2D eigenvalue weighted by molar-refractivity contribution is 0.354. The zero-order chi connectivity index (χ0) is 19.1. The number of hydrogen-bond acceptors (Lipinski definition) is 4. The Bertz CT molecular complexity index is 831. The molecule has 142 valence electrons. The number of furan rings is 1. The van der Waals surface area contributed by atoms with Gasteiger partial charge in [0.25, 0.3) is 0 Å². The van der Waals surface area contributed by atoms with Crippen LogP contribution in [0.1, 0.15) is 29.2 Å². The SMILES string of the molecule is COc1ccc(CNCCC(c2ccc(F)cc2)c2ccco2)cc1OC. The predicted octanol–water partition coefficient (Wildman–Crippen LogP) is 4.75. The molecule has 0 bridgehead atoms. The molecule has 1 N–H and O–H groups in total. The molecule has 5 heteroatoms. The molecule has 0 amide bonds. The van der Waals surface area contributed by atoms with Gasteiger partial charge in [-0.2, -0.15) is 0 Å². The van der Waals surface area contributed by atoms with E-state index in [0.717, 1.165) is 41.4 Å². The Kier molecular flexibility index (Phi) is 6.49. The molecular weight excluding hydrogens is 345 g/mol. The molecule has 0 saturated carbocycles. The van der Waals surface area contributed by atoms with Crippen molar-refractivity contribution in [1.82, 2.24) is 5.32 Å². The number of benzene rings is 2. The van der Waals surface area contributed by atoms with Crippen molar-refractivity contribution in [2.45, 2.75) is 18.9 Å². The van der Waals surface area contributed by atoms with E-state index in [4.69, 9.17) is 13.9 Å². The molecule has 0 saturated heterocycles. The third kappa shape index (κ3) is 4.89. The third-order valence-electron chi connectivity index (χ3n) is 4.55. The largest absolute Gasteiger partial charge is 0.493 e. The Labute approximate surface area is 158 Å². The highest BCUT2D eigenvalue weighted by Gasteiger charge is 2.16. The van der Waals surface area contributed by atoms with Crippen molar-refractivity contribution in [2.24, 2.45) is 0 Å². The number of rotatable bonds is 9. The van der Waals surface area contributed by atoms with Gasteiger partial charge in [0.15, 0.2) is 11.5 Å². The first-order valence-corrected chi connectivity index (χ1v) is 8.91. The summed E-state index contributed by atoms with van der Waals surface area (Å²) >= 11 is 0. The van der Waals surface area contributed by atoms with E-state index in [9.17, 15) is 4.39 Å². The number of hydrogen-bond donors (Lipinski definition) is 1. The number of nitrogens with one attached hydrogen (secondary N) is 1. The number of halogens is 1. The summed E-state index contributed by atoms with van der Waals surface area (Å²) in [6.07, 6.45) is 2.51. The van der Waals surface area contributed by atoms with E-state index in [1.165, 1.54) is 12.1 Å². The van der Waals surface area contributed by atoms with Crippen LogP contribution in [0, 0.1) is 5.82 Å². The van der Waals surface area contributed by atoms with Crippen LogP contribution >= 0.6 is 0 Å². The topological polar surface area (TPSA) is 43.6 Å². The second-order valence-corrected chi connectivity index (χ2v) is 6.27. The zero-order valence-corrected chi connectivity index (χ0v) is 15.6. The summed E-state index contributed by atoms with van der Waals surface area (Å²) in [5.74, 6) is 2.17. The van der Waals surface area contributed by atoms with Gasteiger partial charge in [-0.25, -0.2) is 4.39 Å². The predicted molar refractivity (Wildman–Crippen MR) is 103 cm³/mol. The maximum absolute atomic E-state index is 13.2. The fourth-order valence-corrected chi connectivity index (χ4v) is 3.13. The summed E-state index contributed by atoms with van der Waals surface area (Å²) in [6, 6.07) is 16.3. The van der Waals surface area contributed by atoms with Crippen molar-refractivity contribution >= 4 is 0 Å². The molecule has 1 aromatic heterocycles. The summed E-state index contributed by atoms with van der Waals surface area (Å²) in [7, 11) is 3.26. The smallest absolute Gasteiger partial charge is 0.161 e. The molecule has 3 aromatic rings. The summed E-state index contributed by atoms with van der Waals surface area (Å²) in [5, 5.41) is 3.45. The minimum Gasteiger partial charge on any atom is -0.493 e. The molecule has 0 spiro atoms.